The maximum absolute atomic E-state index is 11.6. The zero-order chi connectivity index (χ0) is 22.1. The second-order valence-corrected chi connectivity index (χ2v) is 7.32. The van der Waals surface area contributed by atoms with Crippen LogP contribution in [0.25, 0.3) is 16.7 Å². The molecular weight excluding hydrogens is 398 g/mol. The summed E-state index contributed by atoms with van der Waals surface area (Å²) in [6.45, 7) is 6.15. The molecule has 1 aromatic carbocycles. The minimum Gasteiger partial charge on any atom is -0.491 e. The van der Waals surface area contributed by atoms with Crippen molar-refractivity contribution in [3.63, 3.8) is 0 Å². The van der Waals surface area contributed by atoms with E-state index in [4.69, 9.17) is 19.2 Å². The Balaban J connectivity index is 1.64. The highest BCUT2D eigenvalue weighted by molar-refractivity contribution is 5.84. The smallest absolute Gasteiger partial charge is 0.305 e. The third-order valence-electron chi connectivity index (χ3n) is 4.83. The molecule has 0 atom stereocenters. The molecule has 0 saturated carbocycles. The van der Waals surface area contributed by atoms with Gasteiger partial charge in [0.25, 0.3) is 0 Å². The van der Waals surface area contributed by atoms with Crippen molar-refractivity contribution in [3.05, 3.63) is 24.0 Å². The number of aryl methyl sites for hydroxylation is 1. The first-order chi connectivity index (χ1) is 15.1. The number of ether oxygens (including phenoxy) is 3. The molecule has 0 amide bonds. The first-order valence-electron chi connectivity index (χ1n) is 10.8. The molecule has 0 unspecified atom stereocenters. The lowest BCUT2D eigenvalue weighted by atomic mass is 10.2. The van der Waals surface area contributed by atoms with Crippen LogP contribution in [0.1, 0.15) is 44.9 Å². The van der Waals surface area contributed by atoms with Gasteiger partial charge in [0.1, 0.15) is 18.2 Å². The molecule has 0 radical (unpaired) electrons. The van der Waals surface area contributed by atoms with Gasteiger partial charge < -0.3 is 19.5 Å². The van der Waals surface area contributed by atoms with E-state index in [-0.39, 0.29) is 5.97 Å². The van der Waals surface area contributed by atoms with Crippen LogP contribution in [0.15, 0.2) is 18.2 Å². The second kappa shape index (κ2) is 11.5. The largest absolute Gasteiger partial charge is 0.491 e. The number of carbonyl (C=O) groups excluding carboxylic acids is 1. The number of nitrogens with zero attached hydrogens (tertiary/aromatic N) is 4. The average Bonchev–Trinajstić information content (AvgIpc) is 3.16. The van der Waals surface area contributed by atoms with Gasteiger partial charge in [0, 0.05) is 26.1 Å². The van der Waals surface area contributed by atoms with Crippen LogP contribution >= 0.6 is 0 Å². The summed E-state index contributed by atoms with van der Waals surface area (Å²) in [6, 6.07) is 5.80. The van der Waals surface area contributed by atoms with Gasteiger partial charge in [0.05, 0.1) is 24.2 Å². The molecule has 1 N–H and O–H groups in total. The minimum absolute atomic E-state index is 0.116. The quantitative estimate of drug-likeness (QED) is 0.325. The van der Waals surface area contributed by atoms with Crippen LogP contribution in [0.3, 0.4) is 0 Å². The normalized spacial score (nSPS) is 11.2. The number of carbonyl (C=O) groups is 1. The highest BCUT2D eigenvalue weighted by atomic mass is 16.5. The third kappa shape index (κ3) is 6.04. The van der Waals surface area contributed by atoms with Crippen molar-refractivity contribution in [1.82, 2.24) is 19.6 Å². The summed E-state index contributed by atoms with van der Waals surface area (Å²) in [7, 11) is 1.65. The van der Waals surface area contributed by atoms with Crippen molar-refractivity contribution in [2.45, 2.75) is 46.0 Å². The Bertz CT molecular complexity index is 1000. The van der Waals surface area contributed by atoms with Crippen LogP contribution in [0.4, 0.5) is 5.82 Å². The average molecular weight is 430 g/mol. The molecule has 0 saturated heterocycles. The molecule has 0 fully saturated rings. The maximum Gasteiger partial charge on any atom is 0.305 e. The van der Waals surface area contributed by atoms with Gasteiger partial charge >= 0.3 is 5.97 Å². The molecule has 0 aliphatic carbocycles. The Morgan fingerprint density at radius 1 is 1.13 bits per heavy atom. The van der Waals surface area contributed by atoms with E-state index in [0.29, 0.717) is 37.7 Å². The predicted octanol–water partition coefficient (Wildman–Crippen LogP) is 3.54. The number of hydrogen-bond acceptors (Lipinski definition) is 8. The summed E-state index contributed by atoms with van der Waals surface area (Å²) < 4.78 is 17.9. The number of rotatable bonds is 13. The fourth-order valence-corrected chi connectivity index (χ4v) is 3.27. The molecule has 9 heteroatoms. The molecule has 2 heterocycles. The Kier molecular flexibility index (Phi) is 8.40. The second-order valence-electron chi connectivity index (χ2n) is 7.32. The number of nitrogens with one attached hydrogen (secondary N) is 1. The molecule has 31 heavy (non-hydrogen) atoms. The summed E-state index contributed by atoms with van der Waals surface area (Å²) in [5, 5.41) is 11.9. The number of unbranched alkanes of at least 4 members (excludes halogenated alkanes) is 2. The fourth-order valence-electron chi connectivity index (χ4n) is 3.27. The zero-order valence-corrected chi connectivity index (χ0v) is 18.5. The lowest BCUT2D eigenvalue weighted by Crippen LogP contribution is -2.08. The van der Waals surface area contributed by atoms with Crippen molar-refractivity contribution < 1.29 is 19.0 Å². The molecule has 2 aromatic heterocycles. The number of esters is 1. The summed E-state index contributed by atoms with van der Waals surface area (Å²) >= 11 is 0. The number of benzene rings is 1. The van der Waals surface area contributed by atoms with E-state index in [0.717, 1.165) is 54.8 Å². The standard InChI is InChI=1S/C22H31N5O4/c1-4-12-31-20(28)8-6-5-7-11-23-21-22-26-25-16(2)27(22)19-10-9-17(15-18(19)24-21)30-14-13-29-3/h9-10,15H,4-8,11-14H2,1-3H3,(H,23,24). The van der Waals surface area contributed by atoms with Gasteiger partial charge in [-0.1, -0.05) is 13.3 Å². The maximum atomic E-state index is 11.6. The van der Waals surface area contributed by atoms with E-state index in [1.807, 2.05) is 36.4 Å². The molecule has 3 rings (SSSR count). The molecule has 0 spiro atoms. The van der Waals surface area contributed by atoms with Crippen molar-refractivity contribution in [3.8, 4) is 5.75 Å². The van der Waals surface area contributed by atoms with Gasteiger partial charge in [-0.25, -0.2) is 4.98 Å². The van der Waals surface area contributed by atoms with Gasteiger partial charge in [-0.05, 0) is 38.3 Å². The van der Waals surface area contributed by atoms with Crippen LogP contribution in [-0.4, -0.2) is 59.0 Å². The van der Waals surface area contributed by atoms with Gasteiger partial charge in [-0.15, -0.1) is 10.2 Å². The molecule has 9 nitrogen and oxygen atoms in total. The Morgan fingerprint density at radius 2 is 2.00 bits per heavy atom. The van der Waals surface area contributed by atoms with E-state index in [1.54, 1.807) is 7.11 Å². The summed E-state index contributed by atoms with van der Waals surface area (Å²) in [4.78, 5) is 16.3. The van der Waals surface area contributed by atoms with Crippen LogP contribution in [0.2, 0.25) is 0 Å². The van der Waals surface area contributed by atoms with Crippen LogP contribution in [0, 0.1) is 6.92 Å². The lowest BCUT2D eigenvalue weighted by Gasteiger charge is -2.11. The monoisotopic (exact) mass is 429 g/mol. The predicted molar refractivity (Wildman–Crippen MR) is 119 cm³/mol. The first kappa shape index (κ1) is 22.7. The first-order valence-corrected chi connectivity index (χ1v) is 10.8. The van der Waals surface area contributed by atoms with E-state index in [2.05, 4.69) is 15.5 Å². The zero-order valence-electron chi connectivity index (χ0n) is 18.5. The number of methoxy groups -OCH3 is 1. The van der Waals surface area contributed by atoms with Crippen LogP contribution < -0.4 is 10.1 Å². The summed E-state index contributed by atoms with van der Waals surface area (Å²) in [5.74, 6) is 2.10. The molecule has 0 aliphatic rings. The molecule has 168 valence electrons. The van der Waals surface area contributed by atoms with Gasteiger partial charge in [-0.2, -0.15) is 0 Å². The number of anilines is 1. The van der Waals surface area contributed by atoms with Crippen molar-refractivity contribution in [2.24, 2.45) is 0 Å². The molecule has 3 aromatic rings. The van der Waals surface area contributed by atoms with Crippen molar-refractivity contribution in [1.29, 1.82) is 0 Å². The van der Waals surface area contributed by atoms with E-state index in [9.17, 15) is 4.79 Å². The lowest BCUT2D eigenvalue weighted by molar-refractivity contribution is -0.143. The third-order valence-corrected chi connectivity index (χ3v) is 4.83. The topological polar surface area (TPSA) is 99.9 Å². The molecular formula is C22H31N5O4. The highest BCUT2D eigenvalue weighted by Gasteiger charge is 2.13. The Morgan fingerprint density at radius 3 is 2.81 bits per heavy atom. The van der Waals surface area contributed by atoms with E-state index >= 15 is 0 Å². The molecule has 0 aliphatic heterocycles. The highest BCUT2D eigenvalue weighted by Crippen LogP contribution is 2.25. The van der Waals surface area contributed by atoms with Gasteiger partial charge in [-0.3, -0.25) is 9.20 Å². The van der Waals surface area contributed by atoms with Crippen molar-refractivity contribution >= 4 is 28.5 Å². The fraction of sp³-hybridized carbons (Fsp3) is 0.545. The minimum atomic E-state index is -0.116. The Hall–Kier alpha value is -2.94. The number of aromatic nitrogens is 4. The van der Waals surface area contributed by atoms with Crippen LogP contribution in [-0.2, 0) is 14.3 Å². The Labute approximate surface area is 182 Å². The van der Waals surface area contributed by atoms with Crippen LogP contribution in [0.5, 0.6) is 5.75 Å². The SMILES string of the molecule is CCCOC(=O)CCCCCNc1nc2cc(OCCOC)ccc2n2c(C)nnc12. The van der Waals surface area contributed by atoms with Crippen molar-refractivity contribution in [2.75, 3.05) is 38.8 Å². The van der Waals surface area contributed by atoms with Gasteiger partial charge in [0.2, 0.25) is 5.65 Å². The summed E-state index contributed by atoms with van der Waals surface area (Å²) in [5.41, 5.74) is 2.42. The van der Waals surface area contributed by atoms with E-state index < -0.39 is 0 Å². The molecule has 0 bridgehead atoms. The number of hydrogen-bond donors (Lipinski definition) is 1. The summed E-state index contributed by atoms with van der Waals surface area (Å²) in [6.07, 6.45) is 3.98. The van der Waals surface area contributed by atoms with Gasteiger partial charge in [0.15, 0.2) is 5.82 Å². The van der Waals surface area contributed by atoms with E-state index in [1.165, 1.54) is 0 Å². The number of fused-ring (bicyclic) bond motifs is 3.